The Labute approximate surface area is 71.1 Å². The molecule has 1 nitrogen and oxygen atoms in total. The lowest BCUT2D eigenvalue weighted by molar-refractivity contribution is 0.0155. The van der Waals surface area contributed by atoms with Crippen molar-refractivity contribution in [3.05, 3.63) is 11.6 Å². The van der Waals surface area contributed by atoms with E-state index in [9.17, 15) is 8.78 Å². The molecule has 0 aromatic heterocycles. The molecule has 0 radical (unpaired) electrons. The van der Waals surface area contributed by atoms with Crippen LogP contribution in [0.3, 0.4) is 0 Å². The highest BCUT2D eigenvalue weighted by molar-refractivity contribution is 5.10. The standard InChI is InChI=1S/C9H14F2O/c10-9(11)8(12)7-5-3-1-2-4-6-7/h5,8-9,12H,1-4,6H2. The molecule has 1 N–H and O–H groups in total. The van der Waals surface area contributed by atoms with E-state index in [4.69, 9.17) is 5.11 Å². The maximum Gasteiger partial charge on any atom is 0.267 e. The highest BCUT2D eigenvalue weighted by atomic mass is 19.3. The number of hydrogen-bond acceptors (Lipinski definition) is 1. The van der Waals surface area contributed by atoms with Gasteiger partial charge in [0, 0.05) is 0 Å². The average molecular weight is 176 g/mol. The van der Waals surface area contributed by atoms with Crippen molar-refractivity contribution in [1.29, 1.82) is 0 Å². The number of allylic oxidation sites excluding steroid dienone is 1. The number of halogens is 2. The van der Waals surface area contributed by atoms with Crippen LogP contribution in [0.25, 0.3) is 0 Å². The van der Waals surface area contributed by atoms with Crippen LogP contribution in [0.1, 0.15) is 32.1 Å². The van der Waals surface area contributed by atoms with Gasteiger partial charge in [0.25, 0.3) is 6.43 Å². The van der Waals surface area contributed by atoms with Crippen LogP contribution in [-0.4, -0.2) is 17.6 Å². The van der Waals surface area contributed by atoms with E-state index in [-0.39, 0.29) is 0 Å². The third kappa shape index (κ3) is 2.55. The lowest BCUT2D eigenvalue weighted by Gasteiger charge is -2.12. The SMILES string of the molecule is OC(C1=CCCCCC1)C(F)F. The molecule has 0 heterocycles. The van der Waals surface area contributed by atoms with Crippen LogP contribution in [0.2, 0.25) is 0 Å². The second-order valence-electron chi connectivity index (χ2n) is 3.16. The fraction of sp³-hybridized carbons (Fsp3) is 0.778. The van der Waals surface area contributed by atoms with Crippen LogP contribution in [0.15, 0.2) is 11.6 Å². The molecular formula is C9H14F2O. The maximum absolute atomic E-state index is 12.1. The van der Waals surface area contributed by atoms with Crippen molar-refractivity contribution in [2.75, 3.05) is 0 Å². The van der Waals surface area contributed by atoms with Gasteiger partial charge in [-0.1, -0.05) is 12.5 Å². The molecule has 0 saturated carbocycles. The van der Waals surface area contributed by atoms with Crippen LogP contribution in [-0.2, 0) is 0 Å². The molecule has 1 aliphatic carbocycles. The summed E-state index contributed by atoms with van der Waals surface area (Å²) in [6, 6.07) is 0. The molecule has 0 aliphatic heterocycles. The normalized spacial score (nSPS) is 21.8. The van der Waals surface area contributed by atoms with Gasteiger partial charge in [-0.05, 0) is 31.3 Å². The summed E-state index contributed by atoms with van der Waals surface area (Å²) in [5.74, 6) is 0. The minimum Gasteiger partial charge on any atom is -0.383 e. The Hall–Kier alpha value is -0.440. The summed E-state index contributed by atoms with van der Waals surface area (Å²) >= 11 is 0. The Kier molecular flexibility index (Phi) is 3.66. The Bertz CT molecular complexity index is 166. The molecule has 0 fully saturated rings. The molecule has 3 heteroatoms. The minimum absolute atomic E-state index is 0.530. The van der Waals surface area contributed by atoms with Gasteiger partial charge in [-0.25, -0.2) is 8.78 Å². The third-order valence-electron chi connectivity index (χ3n) is 2.19. The van der Waals surface area contributed by atoms with Gasteiger partial charge in [0.1, 0.15) is 6.10 Å². The molecule has 1 atom stereocenters. The van der Waals surface area contributed by atoms with E-state index >= 15 is 0 Å². The summed E-state index contributed by atoms with van der Waals surface area (Å²) in [4.78, 5) is 0. The number of aliphatic hydroxyl groups is 1. The first-order valence-corrected chi connectivity index (χ1v) is 4.37. The van der Waals surface area contributed by atoms with E-state index in [2.05, 4.69) is 0 Å². The van der Waals surface area contributed by atoms with Crippen LogP contribution in [0.4, 0.5) is 8.78 Å². The molecule has 0 amide bonds. The predicted molar refractivity (Wildman–Crippen MR) is 43.2 cm³/mol. The first-order valence-electron chi connectivity index (χ1n) is 4.37. The van der Waals surface area contributed by atoms with Gasteiger partial charge in [0.05, 0.1) is 0 Å². The van der Waals surface area contributed by atoms with Crippen LogP contribution in [0, 0.1) is 0 Å². The van der Waals surface area contributed by atoms with E-state index < -0.39 is 12.5 Å². The minimum atomic E-state index is -2.63. The molecule has 0 bridgehead atoms. The van der Waals surface area contributed by atoms with Crippen molar-refractivity contribution in [3.63, 3.8) is 0 Å². The highest BCUT2D eigenvalue weighted by Crippen LogP contribution is 2.22. The summed E-state index contributed by atoms with van der Waals surface area (Å²) < 4.78 is 24.1. The van der Waals surface area contributed by atoms with E-state index in [1.165, 1.54) is 0 Å². The molecule has 0 spiro atoms. The van der Waals surface area contributed by atoms with Gasteiger partial charge < -0.3 is 5.11 Å². The fourth-order valence-corrected chi connectivity index (χ4v) is 1.47. The zero-order valence-electron chi connectivity index (χ0n) is 6.97. The van der Waals surface area contributed by atoms with E-state index in [1.54, 1.807) is 6.08 Å². The second kappa shape index (κ2) is 4.55. The van der Waals surface area contributed by atoms with Gasteiger partial charge >= 0.3 is 0 Å². The second-order valence-corrected chi connectivity index (χ2v) is 3.16. The van der Waals surface area contributed by atoms with Crippen molar-refractivity contribution < 1.29 is 13.9 Å². The number of hydrogen-bond donors (Lipinski definition) is 1. The lowest BCUT2D eigenvalue weighted by atomic mass is 10.1. The van der Waals surface area contributed by atoms with Crippen LogP contribution < -0.4 is 0 Å². The molecule has 0 saturated heterocycles. The van der Waals surface area contributed by atoms with E-state index in [0.29, 0.717) is 12.0 Å². The molecule has 12 heavy (non-hydrogen) atoms. The summed E-state index contributed by atoms with van der Waals surface area (Å²) in [7, 11) is 0. The molecule has 1 unspecified atom stereocenters. The largest absolute Gasteiger partial charge is 0.383 e. The third-order valence-corrected chi connectivity index (χ3v) is 2.19. The van der Waals surface area contributed by atoms with Gasteiger partial charge in [0.15, 0.2) is 0 Å². The summed E-state index contributed by atoms with van der Waals surface area (Å²) in [6.07, 6.45) is 2.14. The van der Waals surface area contributed by atoms with Gasteiger partial charge in [0.2, 0.25) is 0 Å². The Morgan fingerprint density at radius 1 is 1.25 bits per heavy atom. The smallest absolute Gasteiger partial charge is 0.267 e. The number of alkyl halides is 2. The summed E-state index contributed by atoms with van der Waals surface area (Å²) in [5.41, 5.74) is 0.530. The number of rotatable bonds is 2. The van der Waals surface area contributed by atoms with E-state index in [1.807, 2.05) is 0 Å². The van der Waals surface area contributed by atoms with Crippen molar-refractivity contribution in [2.24, 2.45) is 0 Å². The lowest BCUT2D eigenvalue weighted by Crippen LogP contribution is -2.19. The maximum atomic E-state index is 12.1. The Balaban J connectivity index is 2.52. The average Bonchev–Trinajstić information content (AvgIpc) is 2.30. The summed E-state index contributed by atoms with van der Waals surface area (Å²) in [6.45, 7) is 0. The fourth-order valence-electron chi connectivity index (χ4n) is 1.47. The van der Waals surface area contributed by atoms with Crippen LogP contribution >= 0.6 is 0 Å². The zero-order chi connectivity index (χ0) is 8.97. The Morgan fingerprint density at radius 2 is 2.00 bits per heavy atom. The topological polar surface area (TPSA) is 20.2 Å². The summed E-state index contributed by atoms with van der Waals surface area (Å²) in [5, 5.41) is 9.06. The highest BCUT2D eigenvalue weighted by Gasteiger charge is 2.21. The molecular weight excluding hydrogens is 162 g/mol. The molecule has 1 rings (SSSR count). The molecule has 70 valence electrons. The molecule has 1 aliphatic rings. The zero-order valence-corrected chi connectivity index (χ0v) is 6.97. The van der Waals surface area contributed by atoms with Crippen molar-refractivity contribution in [2.45, 2.75) is 44.6 Å². The first-order chi connectivity index (χ1) is 5.72. The quantitative estimate of drug-likeness (QED) is 0.641. The first kappa shape index (κ1) is 9.65. The van der Waals surface area contributed by atoms with Gasteiger partial charge in [-0.15, -0.1) is 0 Å². The molecule has 0 aromatic carbocycles. The molecule has 0 aromatic rings. The van der Waals surface area contributed by atoms with Gasteiger partial charge in [-0.3, -0.25) is 0 Å². The van der Waals surface area contributed by atoms with Gasteiger partial charge in [-0.2, -0.15) is 0 Å². The predicted octanol–water partition coefficient (Wildman–Crippen LogP) is 2.50. The van der Waals surface area contributed by atoms with Crippen LogP contribution in [0.5, 0.6) is 0 Å². The van der Waals surface area contributed by atoms with E-state index in [0.717, 1.165) is 25.7 Å². The monoisotopic (exact) mass is 176 g/mol. The van der Waals surface area contributed by atoms with Crippen molar-refractivity contribution >= 4 is 0 Å². The van der Waals surface area contributed by atoms with Crippen molar-refractivity contribution in [3.8, 4) is 0 Å². The Morgan fingerprint density at radius 3 is 2.67 bits per heavy atom. The van der Waals surface area contributed by atoms with Crippen molar-refractivity contribution in [1.82, 2.24) is 0 Å². The number of aliphatic hydroxyl groups excluding tert-OH is 1.